The Morgan fingerprint density at radius 3 is 2.61 bits per heavy atom. The molecule has 1 aliphatic heterocycles. The highest BCUT2D eigenvalue weighted by Gasteiger charge is 2.20. The highest BCUT2D eigenvalue weighted by atomic mass is 32.2. The Kier molecular flexibility index (Phi) is 8.11. The van der Waals surface area contributed by atoms with Gasteiger partial charge in [-0.3, -0.25) is 0 Å². The lowest BCUT2D eigenvalue weighted by molar-refractivity contribution is -0.131. The minimum Gasteiger partial charge on any atom is -0.478 e. The van der Waals surface area contributed by atoms with Crippen molar-refractivity contribution in [2.24, 2.45) is 0 Å². The van der Waals surface area contributed by atoms with E-state index in [1.165, 1.54) is 27.7 Å². The Morgan fingerprint density at radius 2 is 1.89 bits per heavy atom. The molecule has 0 amide bonds. The second-order valence-electron chi connectivity index (χ2n) is 9.38. The number of ether oxygens (including phenoxy) is 1. The molecule has 1 unspecified atom stereocenters. The molecule has 0 saturated carbocycles. The van der Waals surface area contributed by atoms with E-state index in [-0.39, 0.29) is 6.23 Å². The van der Waals surface area contributed by atoms with Gasteiger partial charge in [0.2, 0.25) is 0 Å². The lowest BCUT2D eigenvalue weighted by atomic mass is 9.87. The van der Waals surface area contributed by atoms with Gasteiger partial charge in [-0.1, -0.05) is 55.5 Å². The van der Waals surface area contributed by atoms with Crippen molar-refractivity contribution in [3.63, 3.8) is 0 Å². The summed E-state index contributed by atoms with van der Waals surface area (Å²) in [5.41, 5.74) is 7.82. The number of hydrogen-bond acceptors (Lipinski definition) is 4. The Morgan fingerprint density at radius 1 is 1.11 bits per heavy atom. The third kappa shape index (κ3) is 5.47. The monoisotopic (exact) mass is 524 g/mol. The van der Waals surface area contributed by atoms with Gasteiger partial charge >= 0.3 is 5.97 Å². The quantitative estimate of drug-likeness (QED) is 0.144. The molecule has 1 aromatic heterocycles. The maximum atomic E-state index is 11.0. The van der Waals surface area contributed by atoms with E-state index in [0.29, 0.717) is 0 Å². The van der Waals surface area contributed by atoms with E-state index in [0.717, 1.165) is 59.9 Å². The fourth-order valence-electron chi connectivity index (χ4n) is 5.19. The maximum absolute atomic E-state index is 11.0. The lowest BCUT2D eigenvalue weighted by Crippen LogP contribution is -2.18. The number of carbonyl (C=O) groups is 1. The Hall–Kier alpha value is -3.61. The third-order valence-electron chi connectivity index (χ3n) is 7.02. The van der Waals surface area contributed by atoms with Crippen LogP contribution in [0.1, 0.15) is 61.1 Å². The molecule has 5 rings (SSSR count). The number of thioether (sulfide) groups is 1. The van der Waals surface area contributed by atoms with Gasteiger partial charge in [0.1, 0.15) is 0 Å². The molecule has 0 aliphatic carbocycles. The summed E-state index contributed by atoms with van der Waals surface area (Å²) in [5.74, 6) is -0.955. The van der Waals surface area contributed by atoms with Crippen molar-refractivity contribution >= 4 is 45.9 Å². The predicted octanol–water partition coefficient (Wildman–Crippen LogP) is 7.92. The van der Waals surface area contributed by atoms with Crippen molar-refractivity contribution in [3.05, 3.63) is 101 Å². The van der Waals surface area contributed by atoms with E-state index >= 15 is 0 Å². The smallest absolute Gasteiger partial charge is 0.328 e. The second kappa shape index (κ2) is 11.8. The van der Waals surface area contributed by atoms with Crippen LogP contribution in [0.3, 0.4) is 0 Å². The van der Waals surface area contributed by atoms with E-state index in [4.69, 9.17) is 14.9 Å². The van der Waals surface area contributed by atoms with Crippen LogP contribution in [0.4, 0.5) is 0 Å². The Labute approximate surface area is 227 Å². The first-order valence-corrected chi connectivity index (χ1v) is 14.3. The Balaban J connectivity index is 1.66. The molecule has 1 saturated heterocycles. The maximum Gasteiger partial charge on any atom is 0.328 e. The summed E-state index contributed by atoms with van der Waals surface area (Å²) in [4.78, 5) is 12.2. The first kappa shape index (κ1) is 26.0. The number of hydrogen-bond donors (Lipinski definition) is 1. The molecule has 3 aromatic carbocycles. The van der Waals surface area contributed by atoms with Crippen LogP contribution < -0.4 is 0 Å². The number of rotatable bonds is 8. The number of nitrogens with zero attached hydrogens (tertiary/aromatic N) is 2. The molecule has 1 atom stereocenters. The van der Waals surface area contributed by atoms with Gasteiger partial charge in [0, 0.05) is 23.0 Å². The molecule has 0 spiro atoms. The molecule has 5 nitrogen and oxygen atoms in total. The molecule has 1 N–H and O–H groups in total. The number of carboxylic acid groups (broad SMARTS) is 1. The molecule has 1 aliphatic rings. The van der Waals surface area contributed by atoms with Crippen LogP contribution in [0.5, 0.6) is 0 Å². The van der Waals surface area contributed by atoms with Crippen LogP contribution in [0, 0.1) is 0 Å². The van der Waals surface area contributed by atoms with Crippen LogP contribution in [0.2, 0.25) is 0 Å². The largest absolute Gasteiger partial charge is 0.478 e. The lowest BCUT2D eigenvalue weighted by Gasteiger charge is -2.23. The first-order valence-electron chi connectivity index (χ1n) is 13.1. The van der Waals surface area contributed by atoms with Crippen LogP contribution >= 0.6 is 11.8 Å². The van der Waals surface area contributed by atoms with Gasteiger partial charge in [-0.2, -0.15) is 5.10 Å². The summed E-state index contributed by atoms with van der Waals surface area (Å²) in [6, 6.07) is 23.2. The summed E-state index contributed by atoms with van der Waals surface area (Å²) in [6.45, 7) is 2.98. The van der Waals surface area contributed by atoms with E-state index in [1.807, 2.05) is 23.0 Å². The number of carboxylic acids is 1. The van der Waals surface area contributed by atoms with Gasteiger partial charge in [0.15, 0.2) is 6.23 Å². The molecule has 4 aromatic rings. The minimum absolute atomic E-state index is 0.00632. The standard InChI is InChI=1S/C32H32N2O3S/c1-3-26(27-8-4-5-9-29(27)38-2)32(23-14-11-22(12-15-23)13-18-31(35)36)24-16-17-28-25(20-24)21-33-34(28)30-10-6-7-19-37-30/h4-5,8-9,11-18,20-21,30H,3,6-7,10,19H2,1-2H3,(H,35,36)/b18-13?,32-26+. The van der Waals surface area contributed by atoms with Crippen LogP contribution in [-0.4, -0.2) is 33.7 Å². The Bertz CT molecular complexity index is 1490. The topological polar surface area (TPSA) is 64.3 Å². The molecule has 6 heteroatoms. The first-order chi connectivity index (χ1) is 18.6. The molecule has 38 heavy (non-hydrogen) atoms. The van der Waals surface area contributed by atoms with Crippen molar-refractivity contribution in [2.45, 2.75) is 43.7 Å². The third-order valence-corrected chi connectivity index (χ3v) is 7.81. The predicted molar refractivity (Wildman–Crippen MR) is 156 cm³/mol. The van der Waals surface area contributed by atoms with Gasteiger partial charge < -0.3 is 9.84 Å². The molecule has 194 valence electrons. The van der Waals surface area contributed by atoms with Gasteiger partial charge in [-0.15, -0.1) is 11.8 Å². The normalized spacial score (nSPS) is 16.6. The van der Waals surface area contributed by atoms with E-state index < -0.39 is 5.97 Å². The van der Waals surface area contributed by atoms with Crippen molar-refractivity contribution in [3.8, 4) is 0 Å². The van der Waals surface area contributed by atoms with E-state index in [9.17, 15) is 4.79 Å². The van der Waals surface area contributed by atoms with E-state index in [2.05, 4.69) is 67.8 Å². The number of aromatic nitrogens is 2. The average Bonchev–Trinajstić information content (AvgIpc) is 3.39. The van der Waals surface area contributed by atoms with Crippen LogP contribution in [0.25, 0.3) is 28.1 Å². The van der Waals surface area contributed by atoms with Gasteiger partial charge in [0.25, 0.3) is 0 Å². The van der Waals surface area contributed by atoms with Crippen molar-refractivity contribution in [2.75, 3.05) is 12.9 Å². The van der Waals surface area contributed by atoms with Crippen molar-refractivity contribution in [1.82, 2.24) is 9.78 Å². The molecule has 0 radical (unpaired) electrons. The highest BCUT2D eigenvalue weighted by Crippen LogP contribution is 2.39. The number of allylic oxidation sites excluding steroid dienone is 1. The number of benzene rings is 3. The summed E-state index contributed by atoms with van der Waals surface area (Å²) < 4.78 is 8.03. The van der Waals surface area contributed by atoms with E-state index in [1.54, 1.807) is 17.8 Å². The summed E-state index contributed by atoms with van der Waals surface area (Å²) in [5, 5.41) is 14.8. The fourth-order valence-corrected chi connectivity index (χ4v) is 5.82. The fraction of sp³-hybridized carbons (Fsp3) is 0.250. The molecule has 2 heterocycles. The zero-order valence-corrected chi connectivity index (χ0v) is 22.6. The SMILES string of the molecule is CC/C(=C(/c1ccc(C=CC(=O)O)cc1)c1ccc2c(cnn2C2CCCCO2)c1)c1ccccc1SC. The zero-order chi connectivity index (χ0) is 26.5. The number of fused-ring (bicyclic) bond motifs is 1. The summed E-state index contributed by atoms with van der Waals surface area (Å²) in [6.07, 6.45) is 10.9. The molecular formula is C32H32N2O3S. The van der Waals surface area contributed by atoms with Crippen molar-refractivity contribution in [1.29, 1.82) is 0 Å². The molecule has 1 fully saturated rings. The number of aliphatic carboxylic acids is 1. The second-order valence-corrected chi connectivity index (χ2v) is 10.2. The minimum atomic E-state index is -0.955. The molecule has 0 bridgehead atoms. The summed E-state index contributed by atoms with van der Waals surface area (Å²) >= 11 is 1.75. The van der Waals surface area contributed by atoms with Crippen LogP contribution in [-0.2, 0) is 9.53 Å². The van der Waals surface area contributed by atoms with Crippen molar-refractivity contribution < 1.29 is 14.6 Å². The average molecular weight is 525 g/mol. The van der Waals surface area contributed by atoms with Crippen LogP contribution in [0.15, 0.2) is 83.9 Å². The van der Waals surface area contributed by atoms with Gasteiger partial charge in [-0.05, 0) is 89.6 Å². The van der Waals surface area contributed by atoms with Gasteiger partial charge in [0.05, 0.1) is 11.7 Å². The highest BCUT2D eigenvalue weighted by molar-refractivity contribution is 7.98. The zero-order valence-electron chi connectivity index (χ0n) is 21.8. The van der Waals surface area contributed by atoms with Gasteiger partial charge in [-0.25, -0.2) is 9.48 Å². The summed E-state index contributed by atoms with van der Waals surface area (Å²) in [7, 11) is 0. The molecular weight excluding hydrogens is 492 g/mol.